The molecule has 0 radical (unpaired) electrons. The fraction of sp³-hybridized carbons (Fsp3) is 0.333. The minimum Gasteiger partial charge on any atom is -0.497 e. The molecule has 0 saturated heterocycles. The van der Waals surface area contributed by atoms with Crippen molar-refractivity contribution in [1.29, 1.82) is 0 Å². The van der Waals surface area contributed by atoms with Gasteiger partial charge in [-0.1, -0.05) is 23.8 Å². The smallest absolute Gasteiger partial charge is 0.123 e. The number of hydrogen-bond acceptors (Lipinski definition) is 3. The van der Waals surface area contributed by atoms with E-state index in [9.17, 15) is 0 Å². The van der Waals surface area contributed by atoms with Crippen LogP contribution in [0.5, 0.6) is 11.5 Å². The summed E-state index contributed by atoms with van der Waals surface area (Å²) in [5.41, 5.74) is 5.09. The Balaban J connectivity index is 2.11. The van der Waals surface area contributed by atoms with Crippen molar-refractivity contribution in [3.63, 3.8) is 0 Å². The van der Waals surface area contributed by atoms with E-state index in [0.29, 0.717) is 0 Å². The number of benzene rings is 2. The highest BCUT2D eigenvalue weighted by Crippen LogP contribution is 2.36. The molecule has 1 aliphatic rings. The van der Waals surface area contributed by atoms with Gasteiger partial charge >= 0.3 is 0 Å². The molecule has 3 heteroatoms. The Labute approximate surface area is 125 Å². The number of hydrogen-bond donors (Lipinski definition) is 1. The Morgan fingerprint density at radius 1 is 1.00 bits per heavy atom. The van der Waals surface area contributed by atoms with E-state index < -0.39 is 0 Å². The van der Waals surface area contributed by atoms with Crippen molar-refractivity contribution in [2.45, 2.75) is 19.4 Å². The molecule has 110 valence electrons. The van der Waals surface area contributed by atoms with Gasteiger partial charge in [-0.15, -0.1) is 0 Å². The van der Waals surface area contributed by atoms with Crippen LogP contribution < -0.4 is 14.8 Å². The largest absolute Gasteiger partial charge is 0.497 e. The second kappa shape index (κ2) is 5.78. The molecule has 0 amide bonds. The van der Waals surface area contributed by atoms with E-state index in [-0.39, 0.29) is 6.04 Å². The minimum absolute atomic E-state index is 0.152. The van der Waals surface area contributed by atoms with Gasteiger partial charge in [-0.05, 0) is 42.7 Å². The van der Waals surface area contributed by atoms with Gasteiger partial charge in [0.25, 0.3) is 0 Å². The number of rotatable bonds is 3. The van der Waals surface area contributed by atoms with Crippen molar-refractivity contribution in [3.8, 4) is 11.5 Å². The molecule has 1 atom stereocenters. The first-order valence-corrected chi connectivity index (χ1v) is 7.27. The molecule has 3 nitrogen and oxygen atoms in total. The quantitative estimate of drug-likeness (QED) is 0.938. The maximum Gasteiger partial charge on any atom is 0.123 e. The molecule has 21 heavy (non-hydrogen) atoms. The van der Waals surface area contributed by atoms with Crippen molar-refractivity contribution in [2.24, 2.45) is 0 Å². The fourth-order valence-corrected chi connectivity index (χ4v) is 3.01. The van der Waals surface area contributed by atoms with Gasteiger partial charge in [-0.2, -0.15) is 0 Å². The summed E-state index contributed by atoms with van der Waals surface area (Å²) in [4.78, 5) is 0. The third-order valence-corrected chi connectivity index (χ3v) is 4.10. The first-order valence-electron chi connectivity index (χ1n) is 7.27. The average molecular weight is 283 g/mol. The van der Waals surface area contributed by atoms with Crippen LogP contribution in [0.2, 0.25) is 0 Å². The summed E-state index contributed by atoms with van der Waals surface area (Å²) in [6, 6.07) is 12.8. The summed E-state index contributed by atoms with van der Waals surface area (Å²) in [5.74, 6) is 1.82. The van der Waals surface area contributed by atoms with Crippen LogP contribution in [0.15, 0.2) is 36.4 Å². The summed E-state index contributed by atoms with van der Waals surface area (Å²) in [6.07, 6.45) is 1.05. The number of fused-ring (bicyclic) bond motifs is 1. The standard InChI is InChI=1S/C18H21NO2/c1-12-4-7-17(21-3)16(10-12)18-15-11-14(20-2)6-5-13(15)8-9-19-18/h4-7,10-11,18-19H,8-9H2,1-3H3. The summed E-state index contributed by atoms with van der Waals surface area (Å²) in [5, 5.41) is 3.61. The highest BCUT2D eigenvalue weighted by atomic mass is 16.5. The molecule has 0 spiro atoms. The van der Waals surface area contributed by atoms with E-state index >= 15 is 0 Å². The zero-order valence-electron chi connectivity index (χ0n) is 12.8. The monoisotopic (exact) mass is 283 g/mol. The Bertz CT molecular complexity index is 652. The molecule has 1 N–H and O–H groups in total. The summed E-state index contributed by atoms with van der Waals surface area (Å²) in [7, 11) is 3.43. The van der Waals surface area contributed by atoms with Gasteiger partial charge < -0.3 is 14.8 Å². The number of aryl methyl sites for hydroxylation is 1. The summed E-state index contributed by atoms with van der Waals surface area (Å²) >= 11 is 0. The second-order valence-corrected chi connectivity index (χ2v) is 5.45. The van der Waals surface area contributed by atoms with E-state index in [2.05, 4.69) is 36.5 Å². The average Bonchev–Trinajstić information content (AvgIpc) is 2.53. The van der Waals surface area contributed by atoms with Crippen LogP contribution >= 0.6 is 0 Å². The van der Waals surface area contributed by atoms with E-state index in [4.69, 9.17) is 9.47 Å². The van der Waals surface area contributed by atoms with Gasteiger partial charge in [-0.3, -0.25) is 0 Å². The Morgan fingerprint density at radius 3 is 2.62 bits per heavy atom. The van der Waals surface area contributed by atoms with Gasteiger partial charge in [0.15, 0.2) is 0 Å². The summed E-state index contributed by atoms with van der Waals surface area (Å²) < 4.78 is 10.9. The number of nitrogens with one attached hydrogen (secondary N) is 1. The van der Waals surface area contributed by atoms with Crippen molar-refractivity contribution < 1.29 is 9.47 Å². The maximum atomic E-state index is 5.55. The van der Waals surface area contributed by atoms with E-state index in [1.54, 1.807) is 14.2 Å². The Hall–Kier alpha value is -2.00. The lowest BCUT2D eigenvalue weighted by molar-refractivity contribution is 0.400. The minimum atomic E-state index is 0.152. The molecule has 3 rings (SSSR count). The lowest BCUT2D eigenvalue weighted by Gasteiger charge is -2.29. The van der Waals surface area contributed by atoms with Crippen LogP contribution in [0.3, 0.4) is 0 Å². The predicted molar refractivity (Wildman–Crippen MR) is 84.3 cm³/mol. The third-order valence-electron chi connectivity index (χ3n) is 4.10. The molecule has 2 aromatic rings. The van der Waals surface area contributed by atoms with Crippen molar-refractivity contribution in [2.75, 3.05) is 20.8 Å². The van der Waals surface area contributed by atoms with Crippen LogP contribution in [-0.4, -0.2) is 20.8 Å². The number of methoxy groups -OCH3 is 2. The molecule has 2 aromatic carbocycles. The van der Waals surface area contributed by atoms with Gasteiger partial charge in [0.2, 0.25) is 0 Å². The van der Waals surface area contributed by atoms with Crippen LogP contribution in [0.25, 0.3) is 0 Å². The van der Waals surface area contributed by atoms with Crippen LogP contribution in [0.4, 0.5) is 0 Å². The van der Waals surface area contributed by atoms with Gasteiger partial charge in [0, 0.05) is 12.1 Å². The van der Waals surface area contributed by atoms with E-state index in [0.717, 1.165) is 24.5 Å². The molecule has 1 unspecified atom stereocenters. The van der Waals surface area contributed by atoms with Gasteiger partial charge in [0.05, 0.1) is 20.3 Å². The van der Waals surface area contributed by atoms with Crippen molar-refractivity contribution in [1.82, 2.24) is 5.32 Å². The van der Waals surface area contributed by atoms with Gasteiger partial charge in [0.1, 0.15) is 11.5 Å². The maximum absolute atomic E-state index is 5.55. The first kappa shape index (κ1) is 14.0. The number of ether oxygens (including phenoxy) is 2. The van der Waals surface area contributed by atoms with Crippen LogP contribution in [0.1, 0.15) is 28.3 Å². The molecular weight excluding hydrogens is 262 g/mol. The highest BCUT2D eigenvalue weighted by Gasteiger charge is 2.24. The van der Waals surface area contributed by atoms with Crippen molar-refractivity contribution in [3.05, 3.63) is 58.7 Å². The van der Waals surface area contributed by atoms with Gasteiger partial charge in [-0.25, -0.2) is 0 Å². The lowest BCUT2D eigenvalue weighted by atomic mass is 9.88. The Morgan fingerprint density at radius 2 is 1.86 bits per heavy atom. The van der Waals surface area contributed by atoms with Crippen LogP contribution in [0, 0.1) is 6.92 Å². The molecule has 0 saturated carbocycles. The molecule has 1 heterocycles. The Kier molecular flexibility index (Phi) is 3.84. The molecule has 0 aromatic heterocycles. The first-order chi connectivity index (χ1) is 10.2. The van der Waals surface area contributed by atoms with E-state index in [1.807, 2.05) is 12.1 Å². The molecule has 0 fully saturated rings. The predicted octanol–water partition coefficient (Wildman–Crippen LogP) is 3.25. The third kappa shape index (κ3) is 2.61. The fourth-order valence-electron chi connectivity index (χ4n) is 3.01. The van der Waals surface area contributed by atoms with E-state index in [1.165, 1.54) is 22.3 Å². The SMILES string of the molecule is COc1ccc2c(c1)C(c1cc(C)ccc1OC)NCC2. The zero-order chi connectivity index (χ0) is 14.8. The van der Waals surface area contributed by atoms with Crippen molar-refractivity contribution >= 4 is 0 Å². The lowest BCUT2D eigenvalue weighted by Crippen LogP contribution is -2.30. The molecule has 0 bridgehead atoms. The summed E-state index contributed by atoms with van der Waals surface area (Å²) in [6.45, 7) is 3.08. The zero-order valence-corrected chi connectivity index (χ0v) is 12.8. The topological polar surface area (TPSA) is 30.5 Å². The molecular formula is C18H21NO2. The second-order valence-electron chi connectivity index (χ2n) is 5.45. The van der Waals surface area contributed by atoms with Crippen LogP contribution in [-0.2, 0) is 6.42 Å². The highest BCUT2D eigenvalue weighted by molar-refractivity contribution is 5.49. The molecule has 1 aliphatic heterocycles. The molecule has 0 aliphatic carbocycles. The normalized spacial score (nSPS) is 17.2.